The number of nitrogens with zero attached hydrogens (tertiary/aromatic N) is 5. The summed E-state index contributed by atoms with van der Waals surface area (Å²) < 4.78 is 19.1. The number of amides is 2. The minimum atomic E-state index is -0.862. The molecule has 3 aromatic rings. The number of hydrogen-bond donors (Lipinski definition) is 2. The maximum absolute atomic E-state index is 13.7. The molecule has 3 heterocycles. The van der Waals surface area contributed by atoms with Gasteiger partial charge in [0, 0.05) is 75.2 Å². The monoisotopic (exact) mass is 548 g/mol. The average Bonchev–Trinajstić information content (AvgIpc) is 3.39. The number of methoxy groups -OCH3 is 1. The van der Waals surface area contributed by atoms with Crippen molar-refractivity contribution < 1.29 is 23.8 Å². The number of halogens is 1. The number of phenols is 1. The number of benzene rings is 2. The fourth-order valence-corrected chi connectivity index (χ4v) is 5.36. The van der Waals surface area contributed by atoms with E-state index in [-0.39, 0.29) is 30.7 Å². The summed E-state index contributed by atoms with van der Waals surface area (Å²) in [5, 5.41) is 12.2. The third kappa shape index (κ3) is 6.05. The lowest BCUT2D eigenvalue weighted by atomic mass is 9.87. The second-order valence-corrected chi connectivity index (χ2v) is 10.3. The van der Waals surface area contributed by atoms with E-state index in [0.29, 0.717) is 38.4 Å². The lowest BCUT2D eigenvalue weighted by Gasteiger charge is -2.37. The highest BCUT2D eigenvalue weighted by atomic mass is 19.1. The van der Waals surface area contributed by atoms with E-state index in [1.807, 2.05) is 21.9 Å². The molecule has 40 heavy (non-hydrogen) atoms. The van der Waals surface area contributed by atoms with Crippen LogP contribution in [0.4, 0.5) is 15.8 Å². The predicted molar refractivity (Wildman–Crippen MR) is 148 cm³/mol. The summed E-state index contributed by atoms with van der Waals surface area (Å²) in [5.41, 5.74) is 1.44. The SMILES string of the molecule is COCC1(C(=O)Nc2ccc(O)c(F)c2)CCN(CC(=O)N2CCN(c3ccc(-c4ncccn4)cc3)CC2)C1. The molecule has 10 nitrogen and oxygen atoms in total. The van der Waals surface area contributed by atoms with E-state index in [0.717, 1.165) is 30.4 Å². The first-order valence-electron chi connectivity index (χ1n) is 13.3. The van der Waals surface area contributed by atoms with Crippen LogP contribution in [-0.4, -0.2) is 96.2 Å². The second kappa shape index (κ2) is 12.0. The Morgan fingerprint density at radius 1 is 1.05 bits per heavy atom. The summed E-state index contributed by atoms with van der Waals surface area (Å²) in [4.78, 5) is 41.1. The Kier molecular flexibility index (Phi) is 8.22. The molecule has 0 spiro atoms. The summed E-state index contributed by atoms with van der Waals surface area (Å²) in [6, 6.07) is 13.6. The summed E-state index contributed by atoms with van der Waals surface area (Å²) in [7, 11) is 1.53. The number of aromatic hydroxyl groups is 1. The molecule has 0 bridgehead atoms. The van der Waals surface area contributed by atoms with Crippen molar-refractivity contribution in [3.8, 4) is 17.1 Å². The number of rotatable bonds is 8. The number of aromatic nitrogens is 2. The van der Waals surface area contributed by atoms with Crippen LogP contribution in [0.2, 0.25) is 0 Å². The summed E-state index contributed by atoms with van der Waals surface area (Å²) >= 11 is 0. The third-order valence-corrected chi connectivity index (χ3v) is 7.59. The minimum Gasteiger partial charge on any atom is -0.505 e. The number of phenolic OH excluding ortho intramolecular Hbond substituents is 1. The molecule has 0 radical (unpaired) electrons. The highest BCUT2D eigenvalue weighted by Crippen LogP contribution is 2.33. The highest BCUT2D eigenvalue weighted by Gasteiger charge is 2.45. The van der Waals surface area contributed by atoms with Crippen LogP contribution in [0.5, 0.6) is 5.75 Å². The van der Waals surface area contributed by atoms with Crippen molar-refractivity contribution in [2.45, 2.75) is 6.42 Å². The fraction of sp³-hybridized carbons (Fsp3) is 0.379. The number of carbonyl (C=O) groups excluding carboxylic acids is 2. The first-order chi connectivity index (χ1) is 19.4. The van der Waals surface area contributed by atoms with Crippen LogP contribution in [0, 0.1) is 11.2 Å². The Bertz CT molecular complexity index is 1330. The van der Waals surface area contributed by atoms with Gasteiger partial charge in [-0.05, 0) is 55.4 Å². The first-order valence-corrected chi connectivity index (χ1v) is 13.3. The van der Waals surface area contributed by atoms with Crippen molar-refractivity contribution in [3.63, 3.8) is 0 Å². The van der Waals surface area contributed by atoms with Crippen molar-refractivity contribution >= 4 is 23.2 Å². The molecular weight excluding hydrogens is 515 g/mol. The molecule has 2 aliphatic heterocycles. The van der Waals surface area contributed by atoms with Crippen LogP contribution >= 0.6 is 0 Å². The summed E-state index contributed by atoms with van der Waals surface area (Å²) in [6.07, 6.45) is 3.96. The molecule has 2 fully saturated rings. The van der Waals surface area contributed by atoms with Crippen LogP contribution in [0.25, 0.3) is 11.4 Å². The maximum Gasteiger partial charge on any atom is 0.236 e. The van der Waals surface area contributed by atoms with Crippen LogP contribution in [0.3, 0.4) is 0 Å². The number of ether oxygens (including phenoxy) is 1. The molecule has 2 aliphatic rings. The molecule has 1 unspecified atom stereocenters. The molecule has 210 valence electrons. The smallest absolute Gasteiger partial charge is 0.236 e. The Hall–Kier alpha value is -4.09. The van der Waals surface area contributed by atoms with Gasteiger partial charge >= 0.3 is 0 Å². The minimum absolute atomic E-state index is 0.0328. The number of piperazine rings is 1. The van der Waals surface area contributed by atoms with E-state index in [1.54, 1.807) is 18.5 Å². The predicted octanol–water partition coefficient (Wildman–Crippen LogP) is 2.61. The Balaban J connectivity index is 1.13. The van der Waals surface area contributed by atoms with Crippen molar-refractivity contribution in [1.29, 1.82) is 0 Å². The van der Waals surface area contributed by atoms with E-state index >= 15 is 0 Å². The van der Waals surface area contributed by atoms with Crippen LogP contribution in [0.1, 0.15) is 6.42 Å². The van der Waals surface area contributed by atoms with Gasteiger partial charge in [0.05, 0.1) is 18.6 Å². The summed E-state index contributed by atoms with van der Waals surface area (Å²) in [6.45, 7) is 4.02. The maximum atomic E-state index is 13.7. The molecule has 5 rings (SSSR count). The van der Waals surface area contributed by atoms with E-state index in [1.165, 1.54) is 19.2 Å². The van der Waals surface area contributed by atoms with Gasteiger partial charge in [0.15, 0.2) is 17.4 Å². The van der Waals surface area contributed by atoms with Gasteiger partial charge in [-0.25, -0.2) is 14.4 Å². The van der Waals surface area contributed by atoms with Gasteiger partial charge in [0.1, 0.15) is 0 Å². The first kappa shape index (κ1) is 27.5. The molecular formula is C29H33FN6O4. The van der Waals surface area contributed by atoms with E-state index in [2.05, 4.69) is 32.3 Å². The number of hydrogen-bond acceptors (Lipinski definition) is 8. The van der Waals surface area contributed by atoms with Gasteiger partial charge in [-0.15, -0.1) is 0 Å². The molecule has 0 aliphatic carbocycles. The zero-order valence-electron chi connectivity index (χ0n) is 22.4. The molecule has 2 aromatic carbocycles. The van der Waals surface area contributed by atoms with Gasteiger partial charge < -0.3 is 25.0 Å². The quantitative estimate of drug-likeness (QED) is 0.414. The normalized spacial score (nSPS) is 19.6. The van der Waals surface area contributed by atoms with E-state index in [4.69, 9.17) is 4.74 Å². The number of nitrogens with one attached hydrogen (secondary N) is 1. The van der Waals surface area contributed by atoms with Crippen molar-refractivity contribution in [3.05, 3.63) is 66.7 Å². The van der Waals surface area contributed by atoms with E-state index in [9.17, 15) is 19.1 Å². The zero-order valence-corrected chi connectivity index (χ0v) is 22.4. The van der Waals surface area contributed by atoms with Crippen molar-refractivity contribution in [2.24, 2.45) is 5.41 Å². The van der Waals surface area contributed by atoms with E-state index < -0.39 is 17.0 Å². The standard InChI is InChI=1S/C29H33FN6O4/c1-40-20-29(28(39)33-22-5-8-25(37)24(30)17-22)9-12-34(19-29)18-26(38)36-15-13-35(14-16-36)23-6-3-21(4-7-23)27-31-10-2-11-32-27/h2-8,10-11,17,37H,9,12-16,18-20H2,1H3,(H,33,39). The van der Waals surface area contributed by atoms with Crippen LogP contribution in [0.15, 0.2) is 60.9 Å². The third-order valence-electron chi connectivity index (χ3n) is 7.59. The van der Waals surface area contributed by atoms with Crippen LogP contribution < -0.4 is 10.2 Å². The number of anilines is 2. The van der Waals surface area contributed by atoms with Gasteiger partial charge in [-0.1, -0.05) is 0 Å². The lowest BCUT2D eigenvalue weighted by molar-refractivity contribution is -0.133. The van der Waals surface area contributed by atoms with Gasteiger partial charge in [-0.3, -0.25) is 14.5 Å². The molecule has 1 atom stereocenters. The van der Waals surface area contributed by atoms with Gasteiger partial charge in [-0.2, -0.15) is 0 Å². The number of likely N-dealkylation sites (tertiary alicyclic amines) is 1. The molecule has 2 amide bonds. The zero-order chi connectivity index (χ0) is 28.1. The van der Waals surface area contributed by atoms with Crippen molar-refractivity contribution in [2.75, 3.05) is 69.7 Å². The fourth-order valence-electron chi connectivity index (χ4n) is 5.36. The second-order valence-electron chi connectivity index (χ2n) is 10.3. The Morgan fingerprint density at radius 3 is 2.45 bits per heavy atom. The molecule has 0 saturated carbocycles. The lowest BCUT2D eigenvalue weighted by Crippen LogP contribution is -2.51. The number of carbonyl (C=O) groups is 2. The molecule has 2 N–H and O–H groups in total. The molecule has 1 aromatic heterocycles. The average molecular weight is 549 g/mol. The molecule has 11 heteroatoms. The van der Waals surface area contributed by atoms with Gasteiger partial charge in [0.25, 0.3) is 0 Å². The van der Waals surface area contributed by atoms with Gasteiger partial charge in [0.2, 0.25) is 11.8 Å². The van der Waals surface area contributed by atoms with Crippen LogP contribution in [-0.2, 0) is 14.3 Å². The highest BCUT2D eigenvalue weighted by molar-refractivity contribution is 5.96. The topological polar surface area (TPSA) is 111 Å². The Labute approximate surface area is 232 Å². The van der Waals surface area contributed by atoms with Crippen molar-refractivity contribution in [1.82, 2.24) is 19.8 Å². The Morgan fingerprint density at radius 2 is 1.77 bits per heavy atom. The largest absolute Gasteiger partial charge is 0.505 e. The summed E-state index contributed by atoms with van der Waals surface area (Å²) in [5.74, 6) is -0.867. The molecule has 2 saturated heterocycles.